The molecule has 100 valence electrons. The highest BCUT2D eigenvalue weighted by atomic mass is 16.5. The number of esters is 1. The van der Waals surface area contributed by atoms with Gasteiger partial charge in [-0.3, -0.25) is 9.59 Å². The van der Waals surface area contributed by atoms with Gasteiger partial charge in [0.25, 0.3) is 0 Å². The minimum atomic E-state index is -1.48. The Morgan fingerprint density at radius 1 is 1.16 bits per heavy atom. The van der Waals surface area contributed by atoms with E-state index in [2.05, 4.69) is 4.74 Å². The lowest BCUT2D eigenvalue weighted by Crippen LogP contribution is -2.24. The smallest absolute Gasteiger partial charge is 0.331 e. The zero-order valence-electron chi connectivity index (χ0n) is 10.8. The topological polar surface area (TPSA) is 85.6 Å². The van der Waals surface area contributed by atoms with Gasteiger partial charge in [-0.1, -0.05) is 0 Å². The molecule has 0 unspecified atom stereocenters. The van der Waals surface area contributed by atoms with E-state index in [1.54, 1.807) is 6.07 Å². The molecule has 0 radical (unpaired) electrons. The molecule has 19 heavy (non-hydrogen) atoms. The largest absolute Gasteiger partial charge is 0.493 e. The summed E-state index contributed by atoms with van der Waals surface area (Å²) in [5, 5.41) is 8.86. The van der Waals surface area contributed by atoms with E-state index in [0.717, 1.165) is 7.11 Å². The van der Waals surface area contributed by atoms with Crippen molar-refractivity contribution in [2.45, 2.75) is 0 Å². The van der Waals surface area contributed by atoms with Crippen LogP contribution in [0.25, 0.3) is 0 Å². The number of carbonyl (C=O) groups is 2. The van der Waals surface area contributed by atoms with Gasteiger partial charge in [0, 0.05) is 5.56 Å². The van der Waals surface area contributed by atoms with E-state index in [9.17, 15) is 9.59 Å². The van der Waals surface area contributed by atoms with E-state index in [1.165, 1.54) is 32.4 Å². The average molecular weight is 263 g/mol. The minimum Gasteiger partial charge on any atom is -0.493 e. The van der Waals surface area contributed by atoms with Crippen LogP contribution in [0.3, 0.4) is 0 Å². The zero-order chi connectivity index (χ0) is 14.4. The SMILES string of the molecule is COC(=O)[C@H](C#N)C(=O)c1ccc(OC)c(OC)c1. The van der Waals surface area contributed by atoms with E-state index in [0.29, 0.717) is 11.5 Å². The second-order valence-electron chi connectivity index (χ2n) is 3.52. The summed E-state index contributed by atoms with van der Waals surface area (Å²) in [5.74, 6) is -2.22. The molecular formula is C13H13NO5. The van der Waals surface area contributed by atoms with Crippen LogP contribution in [0.2, 0.25) is 0 Å². The van der Waals surface area contributed by atoms with E-state index in [-0.39, 0.29) is 5.56 Å². The number of nitrogens with zero attached hydrogens (tertiary/aromatic N) is 1. The molecular weight excluding hydrogens is 250 g/mol. The standard InChI is InChI=1S/C13H13NO5/c1-17-10-5-4-8(6-11(10)18-2)12(15)9(7-14)13(16)19-3/h4-6,9H,1-3H3/t9-/m1/s1. The number of benzene rings is 1. The third-order valence-corrected chi connectivity index (χ3v) is 2.50. The molecule has 6 heteroatoms. The van der Waals surface area contributed by atoms with Gasteiger partial charge in [0.15, 0.2) is 17.3 Å². The van der Waals surface area contributed by atoms with Crippen LogP contribution in [0.1, 0.15) is 10.4 Å². The maximum absolute atomic E-state index is 12.0. The number of ether oxygens (including phenoxy) is 3. The molecule has 1 atom stereocenters. The Labute approximate surface area is 110 Å². The molecule has 6 nitrogen and oxygen atoms in total. The molecule has 0 aromatic heterocycles. The number of hydrogen-bond donors (Lipinski definition) is 0. The van der Waals surface area contributed by atoms with Crippen LogP contribution < -0.4 is 9.47 Å². The molecule has 0 N–H and O–H groups in total. The lowest BCUT2D eigenvalue weighted by atomic mass is 9.98. The zero-order valence-corrected chi connectivity index (χ0v) is 10.8. The van der Waals surface area contributed by atoms with Crippen molar-refractivity contribution in [2.75, 3.05) is 21.3 Å². The maximum atomic E-state index is 12.0. The van der Waals surface area contributed by atoms with Crippen molar-refractivity contribution in [1.29, 1.82) is 5.26 Å². The Morgan fingerprint density at radius 2 is 1.79 bits per heavy atom. The summed E-state index contributed by atoms with van der Waals surface area (Å²) in [4.78, 5) is 23.3. The first kappa shape index (κ1) is 14.5. The van der Waals surface area contributed by atoms with Crippen molar-refractivity contribution in [2.24, 2.45) is 5.92 Å². The van der Waals surface area contributed by atoms with Crippen LogP contribution in [0.4, 0.5) is 0 Å². The molecule has 0 aliphatic heterocycles. The maximum Gasteiger partial charge on any atom is 0.331 e. The van der Waals surface area contributed by atoms with Gasteiger partial charge in [-0.15, -0.1) is 0 Å². The first-order chi connectivity index (χ1) is 9.08. The van der Waals surface area contributed by atoms with Gasteiger partial charge < -0.3 is 14.2 Å². The first-order valence-electron chi connectivity index (χ1n) is 5.32. The second-order valence-corrected chi connectivity index (χ2v) is 3.52. The molecule has 0 amide bonds. The molecule has 0 aliphatic carbocycles. The molecule has 0 saturated carbocycles. The summed E-state index contributed by atoms with van der Waals surface area (Å²) < 4.78 is 14.5. The summed E-state index contributed by atoms with van der Waals surface area (Å²) in [7, 11) is 4.01. The number of rotatable bonds is 5. The normalized spacial score (nSPS) is 11.1. The van der Waals surface area contributed by atoms with E-state index >= 15 is 0 Å². The molecule has 1 aromatic carbocycles. The first-order valence-corrected chi connectivity index (χ1v) is 5.32. The number of Topliss-reactive ketones (excluding diaryl/α,β-unsaturated/α-hetero) is 1. The Balaban J connectivity index is 3.13. The van der Waals surface area contributed by atoms with Crippen molar-refractivity contribution in [3.63, 3.8) is 0 Å². The Hall–Kier alpha value is -2.55. The summed E-state index contributed by atoms with van der Waals surface area (Å²) in [6, 6.07) is 6.01. The van der Waals surface area contributed by atoms with Crippen molar-refractivity contribution < 1.29 is 23.8 Å². The summed E-state index contributed by atoms with van der Waals surface area (Å²) in [6.45, 7) is 0. The predicted octanol–water partition coefficient (Wildman–Crippen LogP) is 1.20. The van der Waals surface area contributed by atoms with Crippen LogP contribution in [0.5, 0.6) is 11.5 Å². The van der Waals surface area contributed by atoms with Gasteiger partial charge in [-0.2, -0.15) is 5.26 Å². The monoisotopic (exact) mass is 263 g/mol. The predicted molar refractivity (Wildman–Crippen MR) is 65.0 cm³/mol. The molecule has 0 fully saturated rings. The van der Waals surface area contributed by atoms with Gasteiger partial charge in [0.05, 0.1) is 27.4 Å². The molecule has 1 rings (SSSR count). The number of methoxy groups -OCH3 is 3. The lowest BCUT2D eigenvalue weighted by Gasteiger charge is -2.10. The van der Waals surface area contributed by atoms with Gasteiger partial charge >= 0.3 is 5.97 Å². The third kappa shape index (κ3) is 3.01. The quantitative estimate of drug-likeness (QED) is 0.450. The number of hydrogen-bond acceptors (Lipinski definition) is 6. The highest BCUT2D eigenvalue weighted by molar-refractivity contribution is 6.10. The molecule has 0 heterocycles. The Morgan fingerprint density at radius 3 is 2.26 bits per heavy atom. The molecule has 0 spiro atoms. The van der Waals surface area contributed by atoms with E-state index < -0.39 is 17.7 Å². The number of ketones is 1. The number of carbonyl (C=O) groups excluding carboxylic acids is 2. The summed E-state index contributed by atoms with van der Waals surface area (Å²) in [6.07, 6.45) is 0. The molecule has 0 saturated heterocycles. The van der Waals surface area contributed by atoms with Crippen LogP contribution in [0, 0.1) is 17.2 Å². The minimum absolute atomic E-state index is 0.176. The molecule has 0 aliphatic rings. The van der Waals surface area contributed by atoms with E-state index in [1.807, 2.05) is 0 Å². The molecule has 0 bridgehead atoms. The Kier molecular flexibility index (Phi) is 4.89. The van der Waals surface area contributed by atoms with Crippen molar-refractivity contribution in [3.8, 4) is 17.6 Å². The van der Waals surface area contributed by atoms with E-state index in [4.69, 9.17) is 14.7 Å². The van der Waals surface area contributed by atoms with Gasteiger partial charge in [0.1, 0.15) is 0 Å². The van der Waals surface area contributed by atoms with Crippen LogP contribution in [-0.2, 0) is 9.53 Å². The van der Waals surface area contributed by atoms with Crippen LogP contribution >= 0.6 is 0 Å². The van der Waals surface area contributed by atoms with Gasteiger partial charge in [0.2, 0.25) is 5.92 Å². The fourth-order valence-corrected chi connectivity index (χ4v) is 1.49. The third-order valence-electron chi connectivity index (χ3n) is 2.50. The second kappa shape index (κ2) is 6.40. The fourth-order valence-electron chi connectivity index (χ4n) is 1.49. The molecule has 1 aromatic rings. The van der Waals surface area contributed by atoms with Crippen molar-refractivity contribution >= 4 is 11.8 Å². The summed E-state index contributed by atoms with van der Waals surface area (Å²) >= 11 is 0. The van der Waals surface area contributed by atoms with Gasteiger partial charge in [-0.05, 0) is 18.2 Å². The number of nitriles is 1. The van der Waals surface area contributed by atoms with Crippen molar-refractivity contribution in [1.82, 2.24) is 0 Å². The summed E-state index contributed by atoms with van der Waals surface area (Å²) in [5.41, 5.74) is 0.176. The van der Waals surface area contributed by atoms with Crippen LogP contribution in [-0.4, -0.2) is 33.1 Å². The van der Waals surface area contributed by atoms with Crippen LogP contribution in [0.15, 0.2) is 18.2 Å². The van der Waals surface area contributed by atoms with Gasteiger partial charge in [-0.25, -0.2) is 0 Å². The van der Waals surface area contributed by atoms with Crippen molar-refractivity contribution in [3.05, 3.63) is 23.8 Å². The fraction of sp³-hybridized carbons (Fsp3) is 0.308. The highest BCUT2D eigenvalue weighted by Gasteiger charge is 2.29. The lowest BCUT2D eigenvalue weighted by molar-refractivity contribution is -0.141. The highest BCUT2D eigenvalue weighted by Crippen LogP contribution is 2.28. The Bertz CT molecular complexity index is 532. The average Bonchev–Trinajstić information content (AvgIpc) is 2.46.